The molecule has 2 amide bonds. The van der Waals surface area contributed by atoms with Crippen molar-refractivity contribution in [2.75, 3.05) is 23.4 Å². The van der Waals surface area contributed by atoms with Crippen LogP contribution in [0.4, 0.5) is 10.1 Å². The van der Waals surface area contributed by atoms with Gasteiger partial charge >= 0.3 is 0 Å². The van der Waals surface area contributed by atoms with Crippen molar-refractivity contribution in [1.29, 1.82) is 0 Å². The number of para-hydroxylation sites is 1. The molecule has 0 saturated carbocycles. The van der Waals surface area contributed by atoms with Crippen LogP contribution in [0.15, 0.2) is 48.5 Å². The van der Waals surface area contributed by atoms with Gasteiger partial charge in [0, 0.05) is 0 Å². The molecule has 144 valence electrons. The Labute approximate surface area is 162 Å². The average Bonchev–Trinajstić information content (AvgIpc) is 2.64. The zero-order valence-corrected chi connectivity index (χ0v) is 16.1. The summed E-state index contributed by atoms with van der Waals surface area (Å²) < 4.78 is 18.9. The molecule has 2 N–H and O–H groups in total. The van der Waals surface area contributed by atoms with Crippen molar-refractivity contribution in [3.63, 3.8) is 0 Å². The van der Waals surface area contributed by atoms with E-state index in [4.69, 9.17) is 4.74 Å². The third-order valence-corrected chi connectivity index (χ3v) is 4.62. The number of hydrogen-bond donors (Lipinski definition) is 2. The predicted molar refractivity (Wildman–Crippen MR) is 107 cm³/mol. The Kier molecular flexibility index (Phi) is 8.13. The van der Waals surface area contributed by atoms with E-state index in [2.05, 4.69) is 10.6 Å². The second kappa shape index (κ2) is 10.6. The van der Waals surface area contributed by atoms with Gasteiger partial charge in [-0.1, -0.05) is 24.3 Å². The Balaban J connectivity index is 1.72. The number of hydrogen-bond acceptors (Lipinski definition) is 4. The molecule has 0 spiro atoms. The number of anilines is 1. The van der Waals surface area contributed by atoms with Crippen molar-refractivity contribution in [3.8, 4) is 5.75 Å². The highest BCUT2D eigenvalue weighted by atomic mass is 32.2. The third kappa shape index (κ3) is 6.94. The van der Waals surface area contributed by atoms with Gasteiger partial charge in [-0.2, -0.15) is 0 Å². The van der Waals surface area contributed by atoms with Crippen LogP contribution in [0.25, 0.3) is 0 Å². The van der Waals surface area contributed by atoms with E-state index < -0.39 is 5.82 Å². The second-order valence-electron chi connectivity index (χ2n) is 5.81. The highest BCUT2D eigenvalue weighted by molar-refractivity contribution is 8.00. The van der Waals surface area contributed by atoms with Crippen LogP contribution in [-0.2, 0) is 9.59 Å². The minimum Gasteiger partial charge on any atom is -0.494 e. The van der Waals surface area contributed by atoms with Crippen LogP contribution < -0.4 is 15.4 Å². The molecule has 0 aliphatic heterocycles. The fourth-order valence-corrected chi connectivity index (χ4v) is 3.00. The van der Waals surface area contributed by atoms with Gasteiger partial charge in [0.2, 0.25) is 11.8 Å². The zero-order valence-electron chi connectivity index (χ0n) is 15.3. The highest BCUT2D eigenvalue weighted by Crippen LogP contribution is 2.18. The van der Waals surface area contributed by atoms with Crippen LogP contribution in [-0.4, -0.2) is 29.9 Å². The molecule has 0 aliphatic carbocycles. The monoisotopic (exact) mass is 390 g/mol. The van der Waals surface area contributed by atoms with Crippen molar-refractivity contribution >= 4 is 29.3 Å². The molecule has 0 radical (unpaired) electrons. The lowest BCUT2D eigenvalue weighted by Crippen LogP contribution is -2.28. The molecule has 0 saturated heterocycles. The number of carbonyl (C=O) groups is 2. The fourth-order valence-electron chi connectivity index (χ4n) is 2.37. The Bertz CT molecular complexity index is 768. The van der Waals surface area contributed by atoms with Gasteiger partial charge in [-0.15, -0.1) is 11.8 Å². The SMILES string of the molecule is CCOc1ccc(C(C)NC(=O)CSCC(=O)Nc2ccccc2F)cc1. The van der Waals surface area contributed by atoms with Crippen LogP contribution in [0.3, 0.4) is 0 Å². The maximum Gasteiger partial charge on any atom is 0.234 e. The van der Waals surface area contributed by atoms with E-state index in [1.54, 1.807) is 12.1 Å². The molecule has 2 aromatic carbocycles. The summed E-state index contributed by atoms with van der Waals surface area (Å²) in [5, 5.41) is 5.38. The van der Waals surface area contributed by atoms with E-state index in [1.807, 2.05) is 38.1 Å². The molecule has 7 heteroatoms. The second-order valence-corrected chi connectivity index (χ2v) is 6.80. The van der Waals surface area contributed by atoms with Gasteiger partial charge in [-0.25, -0.2) is 4.39 Å². The fraction of sp³-hybridized carbons (Fsp3) is 0.300. The summed E-state index contributed by atoms with van der Waals surface area (Å²) in [7, 11) is 0. The molecule has 0 fully saturated rings. The summed E-state index contributed by atoms with van der Waals surface area (Å²) in [5.74, 6) is -0.00265. The summed E-state index contributed by atoms with van der Waals surface area (Å²) in [6, 6.07) is 13.3. The highest BCUT2D eigenvalue weighted by Gasteiger charge is 2.11. The van der Waals surface area contributed by atoms with Crippen molar-refractivity contribution in [2.45, 2.75) is 19.9 Å². The Hall–Kier alpha value is -2.54. The normalized spacial score (nSPS) is 11.5. The van der Waals surface area contributed by atoms with E-state index in [9.17, 15) is 14.0 Å². The lowest BCUT2D eigenvalue weighted by Gasteiger charge is -2.15. The minimum atomic E-state index is -0.488. The largest absolute Gasteiger partial charge is 0.494 e. The smallest absolute Gasteiger partial charge is 0.234 e. The van der Waals surface area contributed by atoms with Crippen molar-refractivity contribution in [1.82, 2.24) is 5.32 Å². The molecule has 0 aromatic heterocycles. The number of rotatable bonds is 9. The lowest BCUT2D eigenvalue weighted by atomic mass is 10.1. The number of amides is 2. The molecule has 0 bridgehead atoms. The predicted octanol–water partition coefficient (Wildman–Crippen LogP) is 3.77. The molecule has 2 aromatic rings. The van der Waals surface area contributed by atoms with Crippen LogP contribution in [0, 0.1) is 5.82 Å². The first-order chi connectivity index (χ1) is 13.0. The standard InChI is InChI=1S/C20H23FN2O3S/c1-3-26-16-10-8-15(9-11-16)14(2)22-19(24)12-27-13-20(25)23-18-7-5-4-6-17(18)21/h4-11,14H,3,12-13H2,1-2H3,(H,22,24)(H,23,25). The summed E-state index contributed by atoms with van der Waals surface area (Å²) in [4.78, 5) is 23.9. The molecule has 2 rings (SSSR count). The van der Waals surface area contributed by atoms with Gasteiger partial charge < -0.3 is 15.4 Å². The Morgan fingerprint density at radius 1 is 1.07 bits per heavy atom. The Morgan fingerprint density at radius 3 is 2.41 bits per heavy atom. The minimum absolute atomic E-state index is 0.0686. The van der Waals surface area contributed by atoms with Crippen LogP contribution in [0.1, 0.15) is 25.5 Å². The van der Waals surface area contributed by atoms with Gasteiger partial charge in [0.1, 0.15) is 11.6 Å². The van der Waals surface area contributed by atoms with Crippen LogP contribution >= 0.6 is 11.8 Å². The van der Waals surface area contributed by atoms with Crippen LogP contribution in [0.2, 0.25) is 0 Å². The summed E-state index contributed by atoms with van der Waals surface area (Å²) in [6.07, 6.45) is 0. The number of benzene rings is 2. The molecular weight excluding hydrogens is 367 g/mol. The summed E-state index contributed by atoms with van der Waals surface area (Å²) in [6.45, 7) is 4.42. The van der Waals surface area contributed by atoms with E-state index >= 15 is 0 Å². The third-order valence-electron chi connectivity index (χ3n) is 3.68. The maximum absolute atomic E-state index is 13.5. The first kappa shape index (κ1) is 20.8. The number of thioether (sulfide) groups is 1. The van der Waals surface area contributed by atoms with E-state index in [1.165, 1.54) is 23.9 Å². The topological polar surface area (TPSA) is 67.4 Å². The van der Waals surface area contributed by atoms with Crippen molar-refractivity contribution < 1.29 is 18.7 Å². The molecule has 5 nitrogen and oxygen atoms in total. The first-order valence-electron chi connectivity index (χ1n) is 8.64. The maximum atomic E-state index is 13.5. The first-order valence-corrected chi connectivity index (χ1v) is 9.79. The zero-order chi connectivity index (χ0) is 19.6. The molecular formula is C20H23FN2O3S. The van der Waals surface area contributed by atoms with Gasteiger partial charge in [-0.05, 0) is 43.7 Å². The van der Waals surface area contributed by atoms with E-state index in [0.29, 0.717) is 6.61 Å². The van der Waals surface area contributed by atoms with Gasteiger partial charge in [0.15, 0.2) is 0 Å². The molecule has 0 heterocycles. The quantitative estimate of drug-likeness (QED) is 0.684. The molecule has 0 aliphatic rings. The number of nitrogens with one attached hydrogen (secondary N) is 2. The lowest BCUT2D eigenvalue weighted by molar-refractivity contribution is -0.119. The summed E-state index contributed by atoms with van der Waals surface area (Å²) >= 11 is 1.17. The molecule has 1 unspecified atom stereocenters. The molecule has 27 heavy (non-hydrogen) atoms. The van der Waals surface area contributed by atoms with Gasteiger partial charge in [0.05, 0.1) is 29.8 Å². The number of ether oxygens (including phenoxy) is 1. The summed E-state index contributed by atoms with van der Waals surface area (Å²) in [5.41, 5.74) is 1.10. The average molecular weight is 390 g/mol. The van der Waals surface area contributed by atoms with Crippen molar-refractivity contribution in [3.05, 3.63) is 59.9 Å². The van der Waals surface area contributed by atoms with Crippen molar-refractivity contribution in [2.24, 2.45) is 0 Å². The van der Waals surface area contributed by atoms with Gasteiger partial charge in [-0.3, -0.25) is 9.59 Å². The van der Waals surface area contributed by atoms with E-state index in [0.717, 1.165) is 11.3 Å². The number of halogens is 1. The van der Waals surface area contributed by atoms with E-state index in [-0.39, 0.29) is 35.0 Å². The van der Waals surface area contributed by atoms with Gasteiger partial charge in [0.25, 0.3) is 0 Å². The number of carbonyl (C=O) groups excluding carboxylic acids is 2. The molecule has 1 atom stereocenters. The Morgan fingerprint density at radius 2 is 1.74 bits per heavy atom. The van der Waals surface area contributed by atoms with Crippen LogP contribution in [0.5, 0.6) is 5.75 Å².